The SMILES string of the molecule is CCCCCCCCCCCCN(C)C.CC[N+]1=C(C)SCC1. The van der Waals surface area contributed by atoms with Gasteiger partial charge in [-0.05, 0) is 34.0 Å². The number of nitrogens with zero attached hydrogens (tertiary/aromatic N) is 2. The summed E-state index contributed by atoms with van der Waals surface area (Å²) in [6, 6.07) is 0. The first-order chi connectivity index (χ1) is 11.1. The Balaban J connectivity index is 0.000000502. The van der Waals surface area contributed by atoms with E-state index in [1.807, 2.05) is 11.8 Å². The van der Waals surface area contributed by atoms with Gasteiger partial charge in [-0.2, -0.15) is 0 Å². The van der Waals surface area contributed by atoms with Gasteiger partial charge < -0.3 is 4.90 Å². The van der Waals surface area contributed by atoms with E-state index in [0.29, 0.717) is 0 Å². The molecule has 0 saturated heterocycles. The Hall–Kier alpha value is -0.0200. The molecule has 0 unspecified atom stereocenters. The highest BCUT2D eigenvalue weighted by Crippen LogP contribution is 2.10. The van der Waals surface area contributed by atoms with E-state index in [1.54, 1.807) is 0 Å². The fourth-order valence-electron chi connectivity index (χ4n) is 2.85. The highest BCUT2D eigenvalue weighted by Gasteiger charge is 2.15. The van der Waals surface area contributed by atoms with Crippen LogP contribution < -0.4 is 0 Å². The second kappa shape index (κ2) is 16.8. The Morgan fingerprint density at radius 2 is 1.39 bits per heavy atom. The van der Waals surface area contributed by atoms with Gasteiger partial charge in [0, 0.05) is 6.92 Å². The summed E-state index contributed by atoms with van der Waals surface area (Å²) in [6.45, 7) is 10.4. The van der Waals surface area contributed by atoms with Crippen LogP contribution >= 0.6 is 11.8 Å². The van der Waals surface area contributed by atoms with Crippen molar-refractivity contribution in [1.82, 2.24) is 4.90 Å². The molecule has 0 atom stereocenters. The summed E-state index contributed by atoms with van der Waals surface area (Å²) in [4.78, 5) is 2.28. The minimum atomic E-state index is 1.18. The quantitative estimate of drug-likeness (QED) is 0.333. The number of rotatable bonds is 12. The third-order valence-electron chi connectivity index (χ3n) is 4.46. The fourth-order valence-corrected chi connectivity index (χ4v) is 3.86. The van der Waals surface area contributed by atoms with Crippen LogP contribution in [0.2, 0.25) is 0 Å². The number of hydrogen-bond acceptors (Lipinski definition) is 2. The van der Waals surface area contributed by atoms with Crippen LogP contribution in [0.3, 0.4) is 0 Å². The van der Waals surface area contributed by atoms with E-state index < -0.39 is 0 Å². The summed E-state index contributed by atoms with van der Waals surface area (Å²) in [5.74, 6) is 1.29. The van der Waals surface area contributed by atoms with Crippen molar-refractivity contribution < 1.29 is 4.58 Å². The zero-order valence-corrected chi connectivity index (χ0v) is 17.5. The van der Waals surface area contributed by atoms with Gasteiger partial charge in [0.05, 0.1) is 5.75 Å². The van der Waals surface area contributed by atoms with E-state index in [2.05, 4.69) is 44.3 Å². The zero-order chi connectivity index (χ0) is 17.3. The van der Waals surface area contributed by atoms with Gasteiger partial charge in [-0.1, -0.05) is 76.5 Å². The third-order valence-corrected chi connectivity index (χ3v) is 5.52. The lowest BCUT2D eigenvalue weighted by molar-refractivity contribution is -0.514. The van der Waals surface area contributed by atoms with Crippen molar-refractivity contribution in [1.29, 1.82) is 0 Å². The van der Waals surface area contributed by atoms with Crippen molar-refractivity contribution in [2.75, 3.05) is 39.5 Å². The van der Waals surface area contributed by atoms with Gasteiger partial charge in [0.2, 0.25) is 5.04 Å². The summed E-state index contributed by atoms with van der Waals surface area (Å²) in [6.07, 6.45) is 14.4. The van der Waals surface area contributed by atoms with E-state index in [9.17, 15) is 0 Å². The van der Waals surface area contributed by atoms with Crippen molar-refractivity contribution in [3.05, 3.63) is 0 Å². The molecule has 0 amide bonds. The molecule has 1 aliphatic heterocycles. The predicted octanol–water partition coefficient (Wildman–Crippen LogP) is 5.65. The highest BCUT2D eigenvalue weighted by atomic mass is 32.2. The Kier molecular flexibility index (Phi) is 16.8. The van der Waals surface area contributed by atoms with E-state index in [4.69, 9.17) is 0 Å². The van der Waals surface area contributed by atoms with Crippen LogP contribution in [0, 0.1) is 0 Å². The van der Waals surface area contributed by atoms with Gasteiger partial charge in [-0.25, -0.2) is 4.58 Å². The summed E-state index contributed by atoms with van der Waals surface area (Å²) in [5, 5.41) is 1.49. The number of unbranched alkanes of at least 4 members (excludes halogenated alkanes) is 9. The molecule has 0 bridgehead atoms. The van der Waals surface area contributed by atoms with Crippen molar-refractivity contribution in [3.8, 4) is 0 Å². The summed E-state index contributed by atoms with van der Waals surface area (Å²) in [5.41, 5.74) is 0. The van der Waals surface area contributed by atoms with Crippen molar-refractivity contribution in [2.24, 2.45) is 0 Å². The van der Waals surface area contributed by atoms with Gasteiger partial charge in [0.25, 0.3) is 0 Å². The highest BCUT2D eigenvalue weighted by molar-refractivity contribution is 8.13. The molecule has 0 fully saturated rings. The smallest absolute Gasteiger partial charge is 0.207 e. The first-order valence-electron chi connectivity index (χ1n) is 9.97. The van der Waals surface area contributed by atoms with Gasteiger partial charge in [0.15, 0.2) is 6.54 Å². The monoisotopic (exact) mass is 343 g/mol. The lowest BCUT2D eigenvalue weighted by Gasteiger charge is -2.08. The molecule has 0 radical (unpaired) electrons. The minimum absolute atomic E-state index is 1.18. The topological polar surface area (TPSA) is 6.25 Å². The Bertz CT molecular complexity index is 287. The minimum Gasteiger partial charge on any atom is -0.309 e. The normalized spacial score (nSPS) is 14.3. The Labute approximate surface area is 151 Å². The molecule has 138 valence electrons. The predicted molar refractivity (Wildman–Crippen MR) is 109 cm³/mol. The molecule has 0 aromatic heterocycles. The number of thioether (sulfide) groups is 1. The maximum Gasteiger partial charge on any atom is 0.207 e. The van der Waals surface area contributed by atoms with E-state index >= 15 is 0 Å². The van der Waals surface area contributed by atoms with Crippen LogP contribution in [0.5, 0.6) is 0 Å². The molecule has 23 heavy (non-hydrogen) atoms. The second-order valence-electron chi connectivity index (χ2n) is 6.93. The Morgan fingerprint density at radius 3 is 1.74 bits per heavy atom. The van der Waals surface area contributed by atoms with Crippen molar-refractivity contribution in [3.63, 3.8) is 0 Å². The second-order valence-corrected chi connectivity index (χ2v) is 8.22. The zero-order valence-electron chi connectivity index (χ0n) is 16.7. The molecule has 1 rings (SSSR count). The first-order valence-corrected chi connectivity index (χ1v) is 11.0. The number of hydrogen-bond donors (Lipinski definition) is 0. The molecule has 0 saturated carbocycles. The fraction of sp³-hybridized carbons (Fsp3) is 0.950. The molecule has 0 spiro atoms. The third kappa shape index (κ3) is 15.3. The summed E-state index contributed by atoms with van der Waals surface area (Å²) >= 11 is 1.97. The van der Waals surface area contributed by atoms with Crippen LogP contribution in [-0.4, -0.2) is 54.0 Å². The van der Waals surface area contributed by atoms with Crippen LogP contribution in [-0.2, 0) is 0 Å². The lowest BCUT2D eigenvalue weighted by atomic mass is 10.1. The van der Waals surface area contributed by atoms with E-state index in [0.717, 1.165) is 0 Å². The lowest BCUT2D eigenvalue weighted by Crippen LogP contribution is -2.12. The summed E-state index contributed by atoms with van der Waals surface area (Å²) in [7, 11) is 4.32. The van der Waals surface area contributed by atoms with E-state index in [-0.39, 0.29) is 0 Å². The van der Waals surface area contributed by atoms with Crippen molar-refractivity contribution in [2.45, 2.75) is 85.0 Å². The van der Waals surface area contributed by atoms with Crippen LogP contribution in [0.15, 0.2) is 0 Å². The molecule has 1 aliphatic rings. The van der Waals surface area contributed by atoms with Crippen molar-refractivity contribution >= 4 is 16.8 Å². The molecule has 2 nitrogen and oxygen atoms in total. The Morgan fingerprint density at radius 1 is 0.870 bits per heavy atom. The summed E-state index contributed by atoms with van der Waals surface area (Å²) < 4.78 is 2.41. The maximum atomic E-state index is 2.41. The molecule has 0 aromatic rings. The maximum absolute atomic E-state index is 2.41. The molecule has 0 N–H and O–H groups in total. The first kappa shape index (κ1) is 23.0. The molecular weight excluding hydrogens is 300 g/mol. The molecule has 3 heteroatoms. The molecule has 0 aromatic carbocycles. The standard InChI is InChI=1S/C14H31N.C6H12NS/c1-4-5-6-7-8-9-10-11-12-13-14-15(2)3;1-3-7-4-5-8-6(7)2/h4-14H2,1-3H3;3-5H2,1-2H3/q;+1. The average Bonchev–Trinajstić information content (AvgIpc) is 2.95. The largest absolute Gasteiger partial charge is 0.309 e. The molecule has 0 aliphatic carbocycles. The van der Waals surface area contributed by atoms with Crippen LogP contribution in [0.25, 0.3) is 0 Å². The van der Waals surface area contributed by atoms with Gasteiger partial charge in [0.1, 0.15) is 6.54 Å². The van der Waals surface area contributed by atoms with E-state index in [1.165, 1.54) is 94.6 Å². The van der Waals surface area contributed by atoms with Crippen LogP contribution in [0.4, 0.5) is 0 Å². The van der Waals surface area contributed by atoms with Gasteiger partial charge in [-0.3, -0.25) is 0 Å². The van der Waals surface area contributed by atoms with Gasteiger partial charge in [-0.15, -0.1) is 0 Å². The van der Waals surface area contributed by atoms with Gasteiger partial charge >= 0.3 is 0 Å². The average molecular weight is 344 g/mol. The van der Waals surface area contributed by atoms with Crippen LogP contribution in [0.1, 0.15) is 85.0 Å². The molecular formula is C20H43N2S+. The molecule has 1 heterocycles.